The highest BCUT2D eigenvalue weighted by Crippen LogP contribution is 2.27. The van der Waals surface area contributed by atoms with Gasteiger partial charge in [-0.15, -0.1) is 0 Å². The van der Waals surface area contributed by atoms with Gasteiger partial charge in [0.1, 0.15) is 5.75 Å². The van der Waals surface area contributed by atoms with E-state index in [0.29, 0.717) is 31.6 Å². The maximum atomic E-state index is 12.8. The highest BCUT2D eigenvalue weighted by atomic mass is 32.2. The summed E-state index contributed by atoms with van der Waals surface area (Å²) in [5.74, 6) is -0.789. The number of hydrogen-bond donors (Lipinski definition) is 2. The van der Waals surface area contributed by atoms with Gasteiger partial charge in [0.25, 0.3) is 16.0 Å². The molecule has 2 N–H and O–H groups in total. The zero-order valence-electron chi connectivity index (χ0n) is 24.1. The summed E-state index contributed by atoms with van der Waals surface area (Å²) < 4.78 is 41.7. The van der Waals surface area contributed by atoms with Crippen LogP contribution in [0.15, 0.2) is 59.5 Å². The number of unbranched alkanes of at least 4 members (excludes halogenated alkanes) is 5. The first-order valence-electron chi connectivity index (χ1n) is 14.4. The number of rotatable bonds is 14. The molecule has 1 unspecified atom stereocenters. The smallest absolute Gasteiger partial charge is 0.311 e. The van der Waals surface area contributed by atoms with Crippen molar-refractivity contribution >= 4 is 27.8 Å². The first-order chi connectivity index (χ1) is 19.6. The number of nitrogens with one attached hydrogen (secondary N) is 1. The molecule has 2 aromatic carbocycles. The molecule has 0 bridgehead atoms. The van der Waals surface area contributed by atoms with E-state index in [1.54, 1.807) is 24.3 Å². The second kappa shape index (κ2) is 17.7. The van der Waals surface area contributed by atoms with Gasteiger partial charge in [-0.3, -0.25) is 18.9 Å². The minimum absolute atomic E-state index is 0.126. The van der Waals surface area contributed by atoms with Gasteiger partial charge in [-0.2, -0.15) is 8.42 Å². The fourth-order valence-electron chi connectivity index (χ4n) is 4.41. The highest BCUT2D eigenvalue weighted by molar-refractivity contribution is 7.85. The van der Waals surface area contributed by atoms with Crippen LogP contribution in [0.2, 0.25) is 0 Å². The van der Waals surface area contributed by atoms with E-state index in [0.717, 1.165) is 44.6 Å². The van der Waals surface area contributed by atoms with E-state index in [4.69, 9.17) is 14.0 Å². The van der Waals surface area contributed by atoms with E-state index in [1.807, 2.05) is 13.0 Å². The fourth-order valence-corrected chi connectivity index (χ4v) is 4.92. The summed E-state index contributed by atoms with van der Waals surface area (Å²) in [5, 5.41) is 2.81. The zero-order chi connectivity index (χ0) is 30.1. The first-order valence-corrected chi connectivity index (χ1v) is 15.9. The Balaban J connectivity index is 0.000000287. The van der Waals surface area contributed by atoms with Gasteiger partial charge >= 0.3 is 5.97 Å². The van der Waals surface area contributed by atoms with Crippen molar-refractivity contribution < 1.29 is 36.8 Å². The van der Waals surface area contributed by atoms with Crippen molar-refractivity contribution in [1.29, 1.82) is 0 Å². The number of ether oxygens (including phenoxy) is 2. The van der Waals surface area contributed by atoms with Gasteiger partial charge < -0.3 is 14.8 Å². The molecule has 1 fully saturated rings. The molecule has 41 heavy (non-hydrogen) atoms. The van der Waals surface area contributed by atoms with Crippen LogP contribution in [0.4, 0.5) is 0 Å². The predicted molar refractivity (Wildman–Crippen MR) is 156 cm³/mol. The van der Waals surface area contributed by atoms with E-state index in [1.165, 1.54) is 37.5 Å². The maximum Gasteiger partial charge on any atom is 0.311 e. The van der Waals surface area contributed by atoms with Crippen molar-refractivity contribution in [3.63, 3.8) is 0 Å². The van der Waals surface area contributed by atoms with Crippen LogP contribution >= 0.6 is 0 Å². The maximum absolute atomic E-state index is 12.8. The quantitative estimate of drug-likeness (QED) is 0.0692. The molecule has 1 aliphatic heterocycles. The fraction of sp³-hybridized carbons (Fsp3) is 0.516. The minimum Gasteiger partial charge on any atom is -0.426 e. The van der Waals surface area contributed by atoms with Gasteiger partial charge in [0.05, 0.1) is 4.90 Å². The molecule has 3 rings (SSSR count). The lowest BCUT2D eigenvalue weighted by Crippen LogP contribution is -2.53. The Bertz CT molecular complexity index is 1220. The number of Topliss-reactive ketones (excluding diaryl/α,β-unsaturated/α-hetero) is 1. The number of carbonyl (C=O) groups excluding carboxylic acids is 3. The molecule has 0 aromatic heterocycles. The number of carbonyl (C=O) groups is 3. The summed E-state index contributed by atoms with van der Waals surface area (Å²) in [5.41, 5.74) is -0.825. The van der Waals surface area contributed by atoms with Crippen molar-refractivity contribution in [3.8, 4) is 5.75 Å². The van der Waals surface area contributed by atoms with Crippen molar-refractivity contribution in [1.82, 2.24) is 5.32 Å². The zero-order valence-corrected chi connectivity index (χ0v) is 24.9. The third-order valence-electron chi connectivity index (χ3n) is 6.63. The molecule has 10 heteroatoms. The molecule has 1 saturated heterocycles. The van der Waals surface area contributed by atoms with Gasteiger partial charge in [0.2, 0.25) is 11.4 Å². The van der Waals surface area contributed by atoms with Gasteiger partial charge in [-0.05, 0) is 44.2 Å². The molecule has 0 radical (unpaired) electrons. The summed E-state index contributed by atoms with van der Waals surface area (Å²) in [7, 11) is -4.28. The van der Waals surface area contributed by atoms with Crippen molar-refractivity contribution in [2.75, 3.05) is 13.2 Å². The average molecular weight is 590 g/mol. The van der Waals surface area contributed by atoms with E-state index >= 15 is 0 Å². The Labute approximate surface area is 243 Å². The summed E-state index contributed by atoms with van der Waals surface area (Å²) in [4.78, 5) is 36.5. The number of ketones is 1. The van der Waals surface area contributed by atoms with Crippen LogP contribution in [-0.4, -0.2) is 49.4 Å². The molecular formula is C31H43NO8S. The summed E-state index contributed by atoms with van der Waals surface area (Å²) in [6.45, 7) is 5.14. The first kappa shape index (κ1) is 34.1. The van der Waals surface area contributed by atoms with Crippen molar-refractivity contribution in [3.05, 3.63) is 60.2 Å². The van der Waals surface area contributed by atoms with Gasteiger partial charge in [-0.25, -0.2) is 0 Å². The lowest BCUT2D eigenvalue weighted by Gasteiger charge is -2.29. The molecule has 1 atom stereocenters. The summed E-state index contributed by atoms with van der Waals surface area (Å²) in [6, 6.07) is 14.2. The van der Waals surface area contributed by atoms with Crippen LogP contribution in [0.25, 0.3) is 0 Å². The number of esters is 1. The third-order valence-corrected chi connectivity index (χ3v) is 7.48. The van der Waals surface area contributed by atoms with E-state index < -0.39 is 21.7 Å². The molecule has 226 valence electrons. The number of benzene rings is 2. The van der Waals surface area contributed by atoms with Crippen LogP contribution in [0.1, 0.15) is 94.8 Å². The molecule has 0 spiro atoms. The van der Waals surface area contributed by atoms with Gasteiger partial charge in [0, 0.05) is 31.2 Å². The number of hydrogen-bond acceptors (Lipinski definition) is 7. The largest absolute Gasteiger partial charge is 0.426 e. The van der Waals surface area contributed by atoms with Crippen LogP contribution in [0, 0.1) is 0 Å². The Morgan fingerprint density at radius 1 is 0.927 bits per heavy atom. The molecule has 0 aliphatic carbocycles. The van der Waals surface area contributed by atoms with E-state index in [-0.39, 0.29) is 22.3 Å². The average Bonchev–Trinajstić information content (AvgIpc) is 3.15. The second-order valence-corrected chi connectivity index (χ2v) is 11.4. The highest BCUT2D eigenvalue weighted by Gasteiger charge is 2.47. The monoisotopic (exact) mass is 589 g/mol. The van der Waals surface area contributed by atoms with Crippen LogP contribution in [-0.2, 0) is 24.4 Å². The molecule has 2 aromatic rings. The third kappa shape index (κ3) is 11.4. The summed E-state index contributed by atoms with van der Waals surface area (Å²) in [6.07, 6.45) is 9.67. The van der Waals surface area contributed by atoms with E-state index in [2.05, 4.69) is 12.2 Å². The Morgan fingerprint density at radius 3 is 2.32 bits per heavy atom. The normalized spacial score (nSPS) is 17.0. The van der Waals surface area contributed by atoms with Gasteiger partial charge in [-0.1, -0.05) is 82.3 Å². The minimum atomic E-state index is -4.28. The molecule has 1 aliphatic rings. The standard InChI is InChI=1S/C16H21NO3.C15H22O5S/c1-2-12-20-16(10-6-7-11-17-15(16)19)14(18)13-8-4-3-5-9-13;1-2-3-4-5-6-7-11-15(16)20-13-9-8-10-14(12-13)21(17,18)19/h3-5,8-9H,2,6-7,10-12H2,1H3,(H,17,19);8-10,12H,2-7,11H2,1H3,(H,17,18,19). The lowest BCUT2D eigenvalue weighted by atomic mass is 9.87. The number of amides is 1. The molecule has 9 nitrogen and oxygen atoms in total. The Kier molecular flexibility index (Phi) is 14.7. The van der Waals surface area contributed by atoms with Crippen molar-refractivity contribution in [2.24, 2.45) is 0 Å². The van der Waals surface area contributed by atoms with Crippen LogP contribution in [0.5, 0.6) is 5.75 Å². The van der Waals surface area contributed by atoms with Crippen LogP contribution < -0.4 is 10.1 Å². The van der Waals surface area contributed by atoms with Gasteiger partial charge in [0.15, 0.2) is 0 Å². The van der Waals surface area contributed by atoms with Crippen LogP contribution in [0.3, 0.4) is 0 Å². The second-order valence-electron chi connectivity index (χ2n) is 10.0. The molecule has 1 heterocycles. The Morgan fingerprint density at radius 2 is 1.63 bits per heavy atom. The van der Waals surface area contributed by atoms with Crippen molar-refractivity contribution in [2.45, 2.75) is 95.0 Å². The predicted octanol–water partition coefficient (Wildman–Crippen LogP) is 5.92. The lowest BCUT2D eigenvalue weighted by molar-refractivity contribution is -0.141. The van der Waals surface area contributed by atoms with E-state index in [9.17, 15) is 22.8 Å². The molecule has 0 saturated carbocycles. The summed E-state index contributed by atoms with van der Waals surface area (Å²) >= 11 is 0. The SMILES string of the molecule is CCCCCCCCC(=O)Oc1cccc(S(=O)(=O)O)c1.CCCOC1(C(=O)c2ccccc2)CCCCNC1=O. The Hall–Kier alpha value is -3.08. The molecule has 1 amide bonds. The topological polar surface area (TPSA) is 136 Å². The molecular weight excluding hydrogens is 546 g/mol.